The number of likely N-dealkylation sites (tertiary alicyclic amines) is 1. The highest BCUT2D eigenvalue weighted by atomic mass is 16.4. The largest absolute Gasteiger partial charge is 0.481 e. The van der Waals surface area contributed by atoms with Gasteiger partial charge in [-0.2, -0.15) is 5.10 Å². The molecule has 1 unspecified atom stereocenters. The molecule has 23 heavy (non-hydrogen) atoms. The second-order valence-electron chi connectivity index (χ2n) is 7.12. The van der Waals surface area contributed by atoms with E-state index >= 15 is 0 Å². The maximum Gasteiger partial charge on any atom is 0.308 e. The van der Waals surface area contributed by atoms with Crippen LogP contribution in [0.5, 0.6) is 0 Å². The van der Waals surface area contributed by atoms with Crippen molar-refractivity contribution < 1.29 is 14.7 Å². The van der Waals surface area contributed by atoms with Crippen LogP contribution in [0.1, 0.15) is 42.6 Å². The molecule has 0 bridgehead atoms. The minimum absolute atomic E-state index is 0.0265. The number of carboxylic acids is 1. The van der Waals surface area contributed by atoms with Gasteiger partial charge in [0, 0.05) is 31.4 Å². The van der Waals surface area contributed by atoms with Gasteiger partial charge in [0.05, 0.1) is 17.5 Å². The number of hydrogen-bond acceptors (Lipinski definition) is 3. The number of amides is 1. The zero-order valence-corrected chi connectivity index (χ0v) is 14.2. The molecule has 3 rings (SSSR count). The molecular weight excluding hydrogens is 294 g/mol. The van der Waals surface area contributed by atoms with E-state index in [2.05, 4.69) is 5.10 Å². The molecule has 1 N–H and O–H groups in total. The lowest BCUT2D eigenvalue weighted by Gasteiger charge is -2.21. The molecule has 3 atom stereocenters. The number of nitrogens with zero attached hydrogens (tertiary/aromatic N) is 3. The molecule has 6 heteroatoms. The van der Waals surface area contributed by atoms with Crippen molar-refractivity contribution in [3.05, 3.63) is 17.0 Å². The van der Waals surface area contributed by atoms with E-state index in [9.17, 15) is 14.7 Å². The summed E-state index contributed by atoms with van der Waals surface area (Å²) in [5.41, 5.74) is 2.84. The number of aliphatic carboxylic acids is 1. The first-order valence-corrected chi connectivity index (χ1v) is 8.33. The van der Waals surface area contributed by atoms with Gasteiger partial charge in [-0.15, -0.1) is 0 Å². The van der Waals surface area contributed by atoms with Crippen LogP contribution in [-0.2, 0) is 16.6 Å². The Balaban J connectivity index is 1.79. The second-order valence-corrected chi connectivity index (χ2v) is 7.12. The number of hydrogen-bond donors (Lipinski definition) is 1. The van der Waals surface area contributed by atoms with Gasteiger partial charge in [0.25, 0.3) is 0 Å². The molecule has 1 aromatic heterocycles. The SMILES string of the molecule is Cc1nn(C)c(C)c1C(C)C(=O)N1C[C@H](C(=O)O)[C@@H](C2CC2)C1. The third kappa shape index (κ3) is 2.75. The Morgan fingerprint density at radius 2 is 1.91 bits per heavy atom. The predicted molar refractivity (Wildman–Crippen MR) is 85.0 cm³/mol. The Hall–Kier alpha value is -1.85. The summed E-state index contributed by atoms with van der Waals surface area (Å²) in [6, 6.07) is 0. The molecule has 1 aromatic rings. The topological polar surface area (TPSA) is 75.4 Å². The summed E-state index contributed by atoms with van der Waals surface area (Å²) in [7, 11) is 1.88. The predicted octanol–water partition coefficient (Wildman–Crippen LogP) is 1.71. The molecule has 2 fully saturated rings. The van der Waals surface area contributed by atoms with Crippen molar-refractivity contribution in [1.29, 1.82) is 0 Å². The lowest BCUT2D eigenvalue weighted by Crippen LogP contribution is -2.33. The highest BCUT2D eigenvalue weighted by Gasteiger charge is 2.47. The Morgan fingerprint density at radius 3 is 2.39 bits per heavy atom. The van der Waals surface area contributed by atoms with Crippen molar-refractivity contribution in [2.24, 2.45) is 24.8 Å². The molecule has 0 spiro atoms. The fraction of sp³-hybridized carbons (Fsp3) is 0.706. The van der Waals surface area contributed by atoms with E-state index in [1.807, 2.05) is 27.8 Å². The summed E-state index contributed by atoms with van der Waals surface area (Å²) in [4.78, 5) is 26.2. The highest BCUT2D eigenvalue weighted by Crippen LogP contribution is 2.44. The summed E-state index contributed by atoms with van der Waals surface area (Å²) >= 11 is 0. The lowest BCUT2D eigenvalue weighted by atomic mass is 9.92. The number of carbonyl (C=O) groups is 2. The molecule has 6 nitrogen and oxygen atoms in total. The van der Waals surface area contributed by atoms with Crippen LogP contribution in [-0.4, -0.2) is 44.8 Å². The van der Waals surface area contributed by atoms with Crippen LogP contribution < -0.4 is 0 Å². The van der Waals surface area contributed by atoms with Crippen molar-refractivity contribution in [3.63, 3.8) is 0 Å². The minimum atomic E-state index is -0.765. The quantitative estimate of drug-likeness (QED) is 0.916. The van der Waals surface area contributed by atoms with E-state index in [4.69, 9.17) is 0 Å². The Bertz CT molecular complexity index is 648. The molecule has 1 saturated heterocycles. The zero-order chi connectivity index (χ0) is 16.9. The zero-order valence-electron chi connectivity index (χ0n) is 14.2. The van der Waals surface area contributed by atoms with Crippen molar-refractivity contribution in [3.8, 4) is 0 Å². The first kappa shape index (κ1) is 16.0. The van der Waals surface area contributed by atoms with Crippen LogP contribution in [0.2, 0.25) is 0 Å². The van der Waals surface area contributed by atoms with Gasteiger partial charge in [-0.1, -0.05) is 0 Å². The molecule has 1 aliphatic heterocycles. The van der Waals surface area contributed by atoms with Gasteiger partial charge in [0.2, 0.25) is 5.91 Å². The molecule has 1 amide bonds. The van der Waals surface area contributed by atoms with E-state index in [1.165, 1.54) is 0 Å². The number of carboxylic acid groups (broad SMARTS) is 1. The first-order chi connectivity index (χ1) is 10.8. The van der Waals surface area contributed by atoms with Crippen LogP contribution in [0.15, 0.2) is 0 Å². The standard InChI is InChI=1S/C17H25N3O3/c1-9(15-10(2)18-19(4)11(15)3)16(21)20-7-13(12-5-6-12)14(8-20)17(22)23/h9,12-14H,5-8H2,1-4H3,(H,22,23)/t9?,13-,14+/m1/s1. The molecule has 1 aliphatic carbocycles. The maximum absolute atomic E-state index is 12.9. The van der Waals surface area contributed by atoms with E-state index in [-0.39, 0.29) is 17.7 Å². The van der Waals surface area contributed by atoms with E-state index in [0.29, 0.717) is 19.0 Å². The third-order valence-electron chi connectivity index (χ3n) is 5.59. The van der Waals surface area contributed by atoms with Gasteiger partial charge >= 0.3 is 5.97 Å². The normalized spacial score (nSPS) is 25.7. The van der Waals surface area contributed by atoms with E-state index in [1.54, 1.807) is 9.58 Å². The number of rotatable bonds is 4. The summed E-state index contributed by atoms with van der Waals surface area (Å²) in [6.07, 6.45) is 2.21. The van der Waals surface area contributed by atoms with Crippen molar-refractivity contribution >= 4 is 11.9 Å². The van der Waals surface area contributed by atoms with E-state index < -0.39 is 11.9 Å². The monoisotopic (exact) mass is 319 g/mol. The van der Waals surface area contributed by atoms with Gasteiger partial charge in [-0.25, -0.2) is 0 Å². The molecule has 126 valence electrons. The summed E-state index contributed by atoms with van der Waals surface area (Å²) in [6.45, 7) is 6.72. The molecule has 1 saturated carbocycles. The number of aryl methyl sites for hydroxylation is 2. The maximum atomic E-state index is 12.9. The van der Waals surface area contributed by atoms with Gasteiger partial charge in [0.15, 0.2) is 0 Å². The Labute approximate surface area is 136 Å². The van der Waals surface area contributed by atoms with Crippen LogP contribution in [0.25, 0.3) is 0 Å². The molecule has 2 heterocycles. The molecule has 0 aromatic carbocycles. The van der Waals surface area contributed by atoms with Crippen molar-refractivity contribution in [2.75, 3.05) is 13.1 Å². The van der Waals surface area contributed by atoms with Gasteiger partial charge < -0.3 is 10.0 Å². The smallest absolute Gasteiger partial charge is 0.308 e. The molecular formula is C17H25N3O3. The van der Waals surface area contributed by atoms with Crippen LogP contribution in [0.3, 0.4) is 0 Å². The second kappa shape index (κ2) is 5.65. The highest BCUT2D eigenvalue weighted by molar-refractivity contribution is 5.85. The van der Waals surface area contributed by atoms with Crippen molar-refractivity contribution in [1.82, 2.24) is 14.7 Å². The fourth-order valence-corrected chi connectivity index (χ4v) is 4.09. The van der Waals surface area contributed by atoms with Gasteiger partial charge in [-0.3, -0.25) is 14.3 Å². The summed E-state index contributed by atoms with van der Waals surface area (Å²) < 4.78 is 1.80. The van der Waals surface area contributed by atoms with Gasteiger partial charge in [-0.05, 0) is 45.4 Å². The fourth-order valence-electron chi connectivity index (χ4n) is 4.09. The lowest BCUT2D eigenvalue weighted by molar-refractivity contribution is -0.142. The Morgan fingerprint density at radius 1 is 1.26 bits per heavy atom. The average molecular weight is 319 g/mol. The average Bonchev–Trinajstić information content (AvgIpc) is 3.18. The summed E-state index contributed by atoms with van der Waals surface area (Å²) in [5.74, 6) is -0.811. The number of carbonyl (C=O) groups excluding carboxylic acids is 1. The third-order valence-corrected chi connectivity index (χ3v) is 5.59. The van der Waals surface area contributed by atoms with Crippen LogP contribution in [0.4, 0.5) is 0 Å². The summed E-state index contributed by atoms with van der Waals surface area (Å²) in [5, 5.41) is 13.8. The molecule has 2 aliphatic rings. The van der Waals surface area contributed by atoms with Gasteiger partial charge in [0.1, 0.15) is 0 Å². The van der Waals surface area contributed by atoms with Crippen molar-refractivity contribution in [2.45, 2.75) is 39.5 Å². The number of aromatic nitrogens is 2. The van der Waals surface area contributed by atoms with Crippen LogP contribution >= 0.6 is 0 Å². The molecule has 0 radical (unpaired) electrons. The van der Waals surface area contributed by atoms with Crippen LogP contribution in [0, 0.1) is 31.6 Å². The Kier molecular flexibility index (Phi) is 3.94. The van der Waals surface area contributed by atoms with E-state index in [0.717, 1.165) is 29.8 Å². The first-order valence-electron chi connectivity index (χ1n) is 8.33. The minimum Gasteiger partial charge on any atom is -0.481 e.